The average Bonchev–Trinajstić information content (AvgIpc) is 2.66. The molecule has 1 aliphatic heterocycles. The number of carboxylic acids is 1. The van der Waals surface area contributed by atoms with E-state index in [2.05, 4.69) is 16.9 Å². The van der Waals surface area contributed by atoms with Crippen LogP contribution >= 0.6 is 0 Å². The Balaban J connectivity index is 2.17. The van der Waals surface area contributed by atoms with Crippen LogP contribution in [0.2, 0.25) is 0 Å². The van der Waals surface area contributed by atoms with Crippen molar-refractivity contribution in [3.63, 3.8) is 0 Å². The third-order valence-corrected chi connectivity index (χ3v) is 4.02. The number of nitrogens with zero attached hydrogens (tertiary/aromatic N) is 3. The molecule has 5 nitrogen and oxygen atoms in total. The van der Waals surface area contributed by atoms with Crippen LogP contribution in [0.15, 0.2) is 0 Å². The van der Waals surface area contributed by atoms with Gasteiger partial charge in [0.1, 0.15) is 11.4 Å². The molecule has 1 aromatic heterocycles. The van der Waals surface area contributed by atoms with Crippen molar-refractivity contribution in [3.05, 3.63) is 11.3 Å². The molecule has 1 saturated heterocycles. The Bertz CT molecular complexity index is 460. The van der Waals surface area contributed by atoms with Crippen LogP contribution in [0.25, 0.3) is 0 Å². The Morgan fingerprint density at radius 2 is 2.05 bits per heavy atom. The van der Waals surface area contributed by atoms with Gasteiger partial charge in [0.05, 0.1) is 5.69 Å². The fourth-order valence-electron chi connectivity index (χ4n) is 3.10. The van der Waals surface area contributed by atoms with E-state index in [1.807, 2.05) is 7.05 Å². The molecule has 1 N–H and O–H groups in total. The summed E-state index contributed by atoms with van der Waals surface area (Å²) in [5.41, 5.74) is 0.956. The molecule has 19 heavy (non-hydrogen) atoms. The van der Waals surface area contributed by atoms with Crippen molar-refractivity contribution in [2.24, 2.45) is 13.0 Å². The molecule has 1 aromatic rings. The smallest absolute Gasteiger partial charge is 0.341 e. The molecule has 0 aromatic carbocycles. The highest BCUT2D eigenvalue weighted by molar-refractivity contribution is 5.94. The lowest BCUT2D eigenvalue weighted by Gasteiger charge is -2.33. The van der Waals surface area contributed by atoms with E-state index in [0.29, 0.717) is 11.3 Å². The molecule has 1 fully saturated rings. The molecule has 2 heterocycles. The first-order valence-corrected chi connectivity index (χ1v) is 7.06. The standard InChI is InChI=1S/C14H23N3O2/c1-4-5-11-6-8-17(9-7-11)13-12(14(18)19)10(2)15-16(13)3/h11H,4-9H2,1-3H3,(H,18,19). The van der Waals surface area contributed by atoms with Crippen molar-refractivity contribution >= 4 is 11.8 Å². The summed E-state index contributed by atoms with van der Waals surface area (Å²) < 4.78 is 1.71. The average molecular weight is 265 g/mol. The molecule has 0 saturated carbocycles. The minimum absolute atomic E-state index is 0.358. The number of anilines is 1. The van der Waals surface area contributed by atoms with E-state index >= 15 is 0 Å². The van der Waals surface area contributed by atoms with Crippen molar-refractivity contribution in [1.82, 2.24) is 9.78 Å². The fraction of sp³-hybridized carbons (Fsp3) is 0.714. The first-order chi connectivity index (χ1) is 9.04. The molecule has 0 radical (unpaired) electrons. The summed E-state index contributed by atoms with van der Waals surface area (Å²) in [7, 11) is 1.83. The zero-order valence-electron chi connectivity index (χ0n) is 12.0. The van der Waals surface area contributed by atoms with Gasteiger partial charge in [0.2, 0.25) is 0 Å². The maximum Gasteiger partial charge on any atom is 0.341 e. The van der Waals surface area contributed by atoms with E-state index in [9.17, 15) is 9.90 Å². The van der Waals surface area contributed by atoms with E-state index in [-0.39, 0.29) is 0 Å². The van der Waals surface area contributed by atoms with Gasteiger partial charge in [-0.2, -0.15) is 5.10 Å². The monoisotopic (exact) mass is 265 g/mol. The van der Waals surface area contributed by atoms with Crippen molar-refractivity contribution in [3.8, 4) is 0 Å². The summed E-state index contributed by atoms with van der Waals surface area (Å²) in [6.07, 6.45) is 4.81. The third-order valence-electron chi connectivity index (χ3n) is 4.02. The Kier molecular flexibility index (Phi) is 4.12. The second-order valence-electron chi connectivity index (χ2n) is 5.43. The molecule has 1 aliphatic rings. The molecule has 0 atom stereocenters. The second-order valence-corrected chi connectivity index (χ2v) is 5.43. The number of piperidine rings is 1. The van der Waals surface area contributed by atoms with Gasteiger partial charge in [-0.1, -0.05) is 19.8 Å². The lowest BCUT2D eigenvalue weighted by atomic mass is 9.92. The van der Waals surface area contributed by atoms with Crippen LogP contribution in [0.4, 0.5) is 5.82 Å². The first-order valence-electron chi connectivity index (χ1n) is 7.06. The van der Waals surface area contributed by atoms with Crippen LogP contribution < -0.4 is 4.90 Å². The quantitative estimate of drug-likeness (QED) is 0.908. The Morgan fingerprint density at radius 1 is 1.42 bits per heavy atom. The highest BCUT2D eigenvalue weighted by atomic mass is 16.4. The van der Waals surface area contributed by atoms with Gasteiger partial charge >= 0.3 is 5.97 Å². The van der Waals surface area contributed by atoms with Gasteiger partial charge in [-0.15, -0.1) is 0 Å². The summed E-state index contributed by atoms with van der Waals surface area (Å²) in [6.45, 7) is 5.85. The Hall–Kier alpha value is -1.52. The zero-order valence-corrected chi connectivity index (χ0v) is 12.0. The van der Waals surface area contributed by atoms with Crippen molar-refractivity contribution in [2.75, 3.05) is 18.0 Å². The highest BCUT2D eigenvalue weighted by Gasteiger charge is 2.27. The molecular formula is C14H23N3O2. The SMILES string of the molecule is CCCC1CCN(c2c(C(=O)O)c(C)nn2C)CC1. The molecule has 106 valence electrons. The third kappa shape index (κ3) is 2.74. The molecule has 0 aliphatic carbocycles. The summed E-state index contributed by atoms with van der Waals surface area (Å²) in [6, 6.07) is 0. The predicted molar refractivity (Wildman–Crippen MR) is 74.7 cm³/mol. The number of hydrogen-bond donors (Lipinski definition) is 1. The fourth-order valence-corrected chi connectivity index (χ4v) is 3.10. The Morgan fingerprint density at radius 3 is 2.58 bits per heavy atom. The second kappa shape index (κ2) is 5.63. The summed E-state index contributed by atoms with van der Waals surface area (Å²) in [4.78, 5) is 13.6. The van der Waals surface area contributed by atoms with Crippen molar-refractivity contribution in [1.29, 1.82) is 0 Å². The van der Waals surface area contributed by atoms with E-state index < -0.39 is 5.97 Å². The van der Waals surface area contributed by atoms with Crippen molar-refractivity contribution < 1.29 is 9.90 Å². The van der Waals surface area contributed by atoms with Gasteiger partial charge in [0.15, 0.2) is 0 Å². The maximum absolute atomic E-state index is 11.4. The van der Waals surface area contributed by atoms with Crippen LogP contribution in [0, 0.1) is 12.8 Å². The zero-order chi connectivity index (χ0) is 14.0. The van der Waals surface area contributed by atoms with E-state index in [1.165, 1.54) is 12.8 Å². The van der Waals surface area contributed by atoms with Gasteiger partial charge in [-0.3, -0.25) is 4.68 Å². The van der Waals surface area contributed by atoms with Crippen molar-refractivity contribution in [2.45, 2.75) is 39.5 Å². The number of aromatic nitrogens is 2. The van der Waals surface area contributed by atoms with Gasteiger partial charge < -0.3 is 10.0 Å². The topological polar surface area (TPSA) is 58.4 Å². The lowest BCUT2D eigenvalue weighted by molar-refractivity contribution is 0.0696. The molecular weight excluding hydrogens is 242 g/mol. The number of rotatable bonds is 4. The summed E-state index contributed by atoms with van der Waals surface area (Å²) in [5.74, 6) is 0.681. The summed E-state index contributed by atoms with van der Waals surface area (Å²) >= 11 is 0. The number of hydrogen-bond acceptors (Lipinski definition) is 3. The largest absolute Gasteiger partial charge is 0.477 e. The minimum Gasteiger partial charge on any atom is -0.477 e. The van der Waals surface area contributed by atoms with E-state index in [0.717, 1.165) is 37.7 Å². The number of carbonyl (C=O) groups is 1. The molecule has 0 bridgehead atoms. The Labute approximate surface area is 114 Å². The predicted octanol–water partition coefficient (Wildman–Crippen LogP) is 2.44. The molecule has 0 spiro atoms. The normalized spacial score (nSPS) is 16.9. The van der Waals surface area contributed by atoms with Crippen LogP contribution in [-0.2, 0) is 7.05 Å². The number of aromatic carboxylic acids is 1. The first kappa shape index (κ1) is 13.9. The van der Waals surface area contributed by atoms with Gasteiger partial charge in [-0.05, 0) is 25.7 Å². The highest BCUT2D eigenvalue weighted by Crippen LogP contribution is 2.29. The number of aryl methyl sites for hydroxylation is 2. The molecule has 2 rings (SSSR count). The van der Waals surface area contributed by atoms with E-state index in [4.69, 9.17) is 0 Å². The maximum atomic E-state index is 11.4. The van der Waals surface area contributed by atoms with Gasteiger partial charge in [0.25, 0.3) is 0 Å². The van der Waals surface area contributed by atoms with Crippen LogP contribution in [-0.4, -0.2) is 33.9 Å². The summed E-state index contributed by atoms with van der Waals surface area (Å²) in [5, 5.41) is 13.6. The molecule has 0 unspecified atom stereocenters. The molecule has 0 amide bonds. The van der Waals surface area contributed by atoms with Crippen LogP contribution in [0.3, 0.4) is 0 Å². The molecule has 5 heteroatoms. The van der Waals surface area contributed by atoms with Crippen LogP contribution in [0.1, 0.15) is 48.7 Å². The van der Waals surface area contributed by atoms with Gasteiger partial charge in [0, 0.05) is 20.1 Å². The lowest BCUT2D eigenvalue weighted by Crippen LogP contribution is -2.35. The van der Waals surface area contributed by atoms with Gasteiger partial charge in [-0.25, -0.2) is 4.79 Å². The van der Waals surface area contributed by atoms with Crippen LogP contribution in [0.5, 0.6) is 0 Å². The minimum atomic E-state index is -0.878. The van der Waals surface area contributed by atoms with E-state index in [1.54, 1.807) is 11.6 Å². The number of carboxylic acid groups (broad SMARTS) is 1.